The number of hydrogen-bond acceptors (Lipinski definition) is 3. The van der Waals surface area contributed by atoms with Crippen molar-refractivity contribution < 1.29 is 9.53 Å². The zero-order valence-electron chi connectivity index (χ0n) is 7.21. The van der Waals surface area contributed by atoms with Crippen molar-refractivity contribution >= 4 is 27.6 Å². The third-order valence-corrected chi connectivity index (χ3v) is 2.32. The van der Waals surface area contributed by atoms with Crippen molar-refractivity contribution in [2.24, 2.45) is 0 Å². The molecule has 13 heavy (non-hydrogen) atoms. The molecule has 0 radical (unpaired) electrons. The number of rotatable bonds is 2. The number of anilines is 1. The number of ether oxygens (including phenoxy) is 1. The summed E-state index contributed by atoms with van der Waals surface area (Å²) < 4.78 is 4.62. The molecule has 0 unspecified atom stereocenters. The van der Waals surface area contributed by atoms with Crippen LogP contribution in [-0.2, 0) is 10.1 Å². The maximum Gasteiger partial charge on any atom is 0.340 e. The van der Waals surface area contributed by atoms with Gasteiger partial charge in [0.1, 0.15) is 0 Å². The predicted molar refractivity (Wildman–Crippen MR) is 54.8 cm³/mol. The zero-order chi connectivity index (χ0) is 9.84. The van der Waals surface area contributed by atoms with Crippen LogP contribution in [0.15, 0.2) is 18.2 Å². The Kier molecular flexibility index (Phi) is 3.31. The second-order valence-corrected chi connectivity index (χ2v) is 3.07. The van der Waals surface area contributed by atoms with E-state index in [2.05, 4.69) is 20.7 Å². The fourth-order valence-corrected chi connectivity index (χ4v) is 1.55. The molecule has 1 aromatic rings. The number of benzene rings is 1. The summed E-state index contributed by atoms with van der Waals surface area (Å²) in [6.45, 7) is 0. The summed E-state index contributed by atoms with van der Waals surface area (Å²) in [4.78, 5) is 11.3. The molecule has 0 saturated carbocycles. The lowest BCUT2D eigenvalue weighted by Gasteiger charge is -2.07. The molecule has 2 N–H and O–H groups in total. The van der Waals surface area contributed by atoms with Crippen molar-refractivity contribution in [3.05, 3.63) is 29.3 Å². The first kappa shape index (κ1) is 10.1. The third kappa shape index (κ3) is 2.01. The summed E-state index contributed by atoms with van der Waals surface area (Å²) in [5, 5.41) is 0.586. The summed E-state index contributed by atoms with van der Waals surface area (Å²) in [5.74, 6) is -0.396. The lowest BCUT2D eigenvalue weighted by Crippen LogP contribution is -2.08. The number of nitrogens with two attached hydrogens (primary N) is 1. The van der Waals surface area contributed by atoms with Gasteiger partial charge in [0.25, 0.3) is 0 Å². The fraction of sp³-hybridized carbons (Fsp3) is 0.222. The molecular weight excluding hydrogens is 234 g/mol. The van der Waals surface area contributed by atoms with Crippen LogP contribution in [0.3, 0.4) is 0 Å². The largest absolute Gasteiger partial charge is 0.465 e. The average Bonchev–Trinajstić information content (AvgIpc) is 2.16. The Hall–Kier alpha value is -1.03. The molecule has 1 aromatic carbocycles. The first-order valence-corrected chi connectivity index (χ1v) is 4.84. The Morgan fingerprint density at radius 2 is 2.31 bits per heavy atom. The predicted octanol–water partition coefficient (Wildman–Crippen LogP) is 1.95. The van der Waals surface area contributed by atoms with Crippen molar-refractivity contribution in [1.29, 1.82) is 0 Å². The molecule has 0 saturated heterocycles. The monoisotopic (exact) mass is 243 g/mol. The van der Waals surface area contributed by atoms with Crippen molar-refractivity contribution in [1.82, 2.24) is 0 Å². The van der Waals surface area contributed by atoms with Crippen LogP contribution in [0.1, 0.15) is 15.9 Å². The van der Waals surface area contributed by atoms with Crippen LogP contribution in [0, 0.1) is 0 Å². The molecule has 3 nitrogen and oxygen atoms in total. The van der Waals surface area contributed by atoms with E-state index in [-0.39, 0.29) is 0 Å². The Bertz CT molecular complexity index is 325. The fourth-order valence-electron chi connectivity index (χ4n) is 1.08. The van der Waals surface area contributed by atoms with E-state index >= 15 is 0 Å². The number of methoxy groups -OCH3 is 1. The minimum Gasteiger partial charge on any atom is -0.465 e. The van der Waals surface area contributed by atoms with Crippen LogP contribution in [0.2, 0.25) is 0 Å². The zero-order valence-corrected chi connectivity index (χ0v) is 8.80. The highest BCUT2D eigenvalue weighted by atomic mass is 79.9. The first-order chi connectivity index (χ1) is 6.20. The van der Waals surface area contributed by atoms with Gasteiger partial charge >= 0.3 is 5.97 Å². The normalized spacial score (nSPS) is 9.69. The maximum atomic E-state index is 11.3. The minimum atomic E-state index is -0.396. The van der Waals surface area contributed by atoms with Gasteiger partial charge in [0.2, 0.25) is 0 Å². The van der Waals surface area contributed by atoms with E-state index < -0.39 is 5.97 Å². The van der Waals surface area contributed by atoms with Gasteiger partial charge in [-0.25, -0.2) is 4.79 Å². The Balaban J connectivity index is 3.22. The second-order valence-electron chi connectivity index (χ2n) is 2.51. The van der Waals surface area contributed by atoms with Gasteiger partial charge in [-0.2, -0.15) is 0 Å². The van der Waals surface area contributed by atoms with E-state index in [9.17, 15) is 4.79 Å². The molecule has 70 valence electrons. The number of esters is 1. The maximum absolute atomic E-state index is 11.3. The molecule has 0 atom stereocenters. The smallest absolute Gasteiger partial charge is 0.340 e. The van der Waals surface area contributed by atoms with Crippen LogP contribution in [0.5, 0.6) is 0 Å². The van der Waals surface area contributed by atoms with Gasteiger partial charge < -0.3 is 10.5 Å². The summed E-state index contributed by atoms with van der Waals surface area (Å²) in [6, 6.07) is 5.31. The Morgan fingerprint density at radius 1 is 1.62 bits per heavy atom. The van der Waals surface area contributed by atoms with Crippen molar-refractivity contribution in [2.45, 2.75) is 5.33 Å². The molecule has 0 fully saturated rings. The van der Waals surface area contributed by atoms with E-state index in [1.807, 2.05) is 6.07 Å². The Labute approximate surface area is 85.0 Å². The van der Waals surface area contributed by atoms with Crippen LogP contribution < -0.4 is 5.73 Å². The van der Waals surface area contributed by atoms with E-state index in [4.69, 9.17) is 5.73 Å². The molecule has 0 amide bonds. The van der Waals surface area contributed by atoms with Crippen LogP contribution in [0.25, 0.3) is 0 Å². The highest BCUT2D eigenvalue weighted by Gasteiger charge is 2.13. The molecule has 0 aliphatic rings. The van der Waals surface area contributed by atoms with Crippen molar-refractivity contribution in [3.63, 3.8) is 0 Å². The summed E-state index contributed by atoms with van der Waals surface area (Å²) >= 11 is 3.28. The number of hydrogen-bond donors (Lipinski definition) is 1. The van der Waals surface area contributed by atoms with E-state index in [1.165, 1.54) is 7.11 Å². The van der Waals surface area contributed by atoms with Crippen molar-refractivity contribution in [2.75, 3.05) is 12.8 Å². The van der Waals surface area contributed by atoms with Gasteiger partial charge in [-0.3, -0.25) is 0 Å². The molecule has 4 heteroatoms. The molecule has 0 bridgehead atoms. The van der Waals surface area contributed by atoms with E-state index in [0.29, 0.717) is 16.6 Å². The van der Waals surface area contributed by atoms with E-state index in [0.717, 1.165) is 5.56 Å². The summed E-state index contributed by atoms with van der Waals surface area (Å²) in [5.41, 5.74) is 7.39. The molecule has 0 spiro atoms. The first-order valence-electron chi connectivity index (χ1n) is 3.72. The van der Waals surface area contributed by atoms with Gasteiger partial charge in [0.15, 0.2) is 0 Å². The standard InChI is InChI=1S/C9H10BrNO2/c1-13-9(12)8-6(5-10)3-2-4-7(8)11/h2-4H,5,11H2,1H3. The number of alkyl halides is 1. The summed E-state index contributed by atoms with van der Waals surface area (Å²) in [7, 11) is 1.34. The van der Waals surface area contributed by atoms with E-state index in [1.54, 1.807) is 12.1 Å². The second kappa shape index (κ2) is 4.28. The van der Waals surface area contributed by atoms with Gasteiger partial charge in [-0.15, -0.1) is 0 Å². The SMILES string of the molecule is COC(=O)c1c(N)cccc1CBr. The third-order valence-electron chi connectivity index (χ3n) is 1.72. The molecular formula is C9H10BrNO2. The number of nitrogen functional groups attached to an aromatic ring is 1. The lowest BCUT2D eigenvalue weighted by atomic mass is 10.1. The number of carbonyl (C=O) groups is 1. The average molecular weight is 244 g/mol. The highest BCUT2D eigenvalue weighted by Crippen LogP contribution is 2.20. The molecule has 0 aliphatic heterocycles. The minimum absolute atomic E-state index is 0.396. The topological polar surface area (TPSA) is 52.3 Å². The number of halogens is 1. The van der Waals surface area contributed by atoms with Crippen molar-refractivity contribution in [3.8, 4) is 0 Å². The van der Waals surface area contributed by atoms with Crippen LogP contribution in [-0.4, -0.2) is 13.1 Å². The van der Waals surface area contributed by atoms with Gasteiger partial charge in [0, 0.05) is 11.0 Å². The van der Waals surface area contributed by atoms with Gasteiger partial charge in [-0.1, -0.05) is 28.1 Å². The molecule has 0 aliphatic carbocycles. The quantitative estimate of drug-likeness (QED) is 0.491. The molecule has 1 rings (SSSR count). The van der Waals surface area contributed by atoms with Crippen LogP contribution >= 0.6 is 15.9 Å². The highest BCUT2D eigenvalue weighted by molar-refractivity contribution is 9.08. The molecule has 0 aromatic heterocycles. The van der Waals surface area contributed by atoms with Crippen LogP contribution in [0.4, 0.5) is 5.69 Å². The lowest BCUT2D eigenvalue weighted by molar-refractivity contribution is 0.0601. The molecule has 0 heterocycles. The number of carbonyl (C=O) groups excluding carboxylic acids is 1. The van der Waals surface area contributed by atoms with Gasteiger partial charge in [0.05, 0.1) is 12.7 Å². The Morgan fingerprint density at radius 3 is 2.85 bits per heavy atom. The van der Waals surface area contributed by atoms with Gasteiger partial charge in [-0.05, 0) is 11.6 Å². The summed E-state index contributed by atoms with van der Waals surface area (Å²) in [6.07, 6.45) is 0.